The number of carbonyl (C=O) groups is 1. The van der Waals surface area contributed by atoms with Crippen LogP contribution in [0.1, 0.15) is 5.56 Å². The first-order valence-corrected chi connectivity index (χ1v) is 7.75. The molecular weight excluding hydrogens is 316 g/mol. The zero-order chi connectivity index (χ0) is 16.4. The summed E-state index contributed by atoms with van der Waals surface area (Å²) in [6.45, 7) is 1.98. The van der Waals surface area contributed by atoms with Crippen molar-refractivity contribution in [2.24, 2.45) is 0 Å². The number of anilines is 2. The number of nitrogens with one attached hydrogen (secondary N) is 2. The van der Waals surface area contributed by atoms with Crippen LogP contribution in [0, 0.1) is 6.92 Å². The summed E-state index contributed by atoms with van der Waals surface area (Å²) < 4.78 is 1.49. The van der Waals surface area contributed by atoms with Gasteiger partial charge in [0.1, 0.15) is 5.82 Å². The first-order chi connectivity index (χ1) is 11.0. The fourth-order valence-corrected chi connectivity index (χ4v) is 2.74. The van der Waals surface area contributed by atoms with Gasteiger partial charge in [-0.15, -0.1) is 10.2 Å². The number of thioether (sulfide) groups is 1. The first-order valence-electron chi connectivity index (χ1n) is 6.76. The van der Waals surface area contributed by atoms with Gasteiger partial charge in [-0.25, -0.2) is 4.40 Å². The summed E-state index contributed by atoms with van der Waals surface area (Å²) in [6, 6.07) is 8.77. The number of H-pyrrole nitrogens is 1. The summed E-state index contributed by atoms with van der Waals surface area (Å²) >= 11 is 1.18. The molecule has 0 radical (unpaired) electrons. The molecule has 0 atom stereocenters. The molecule has 0 bridgehead atoms. The summed E-state index contributed by atoms with van der Waals surface area (Å²) in [5.74, 6) is 0.443. The van der Waals surface area contributed by atoms with Crippen molar-refractivity contribution < 1.29 is 4.79 Å². The molecule has 3 rings (SSSR count). The lowest BCUT2D eigenvalue weighted by atomic mass is 10.2. The standard InChI is InChI=1S/C14H14N6O2S/c1-8-2-4-9(5-3-8)16-12(22)7-23-14-19-18-13-17-11(21)6-10(15)20(13)14/h2-6H,7,15H2,1H3,(H,16,22)(H,17,18,21). The molecule has 0 saturated heterocycles. The third-order valence-corrected chi connectivity index (χ3v) is 4.00. The fraction of sp³-hybridized carbons (Fsp3) is 0.143. The van der Waals surface area contributed by atoms with Gasteiger partial charge in [0.2, 0.25) is 11.7 Å². The van der Waals surface area contributed by atoms with Gasteiger partial charge in [0.15, 0.2) is 5.16 Å². The largest absolute Gasteiger partial charge is 0.385 e. The number of nitrogens with zero attached hydrogens (tertiary/aromatic N) is 3. The SMILES string of the molecule is Cc1ccc(NC(=O)CSc2nnc3[nH]c(=O)cc(N)n23)cc1. The van der Waals surface area contributed by atoms with E-state index in [9.17, 15) is 9.59 Å². The smallest absolute Gasteiger partial charge is 0.254 e. The van der Waals surface area contributed by atoms with E-state index >= 15 is 0 Å². The van der Waals surface area contributed by atoms with E-state index in [1.54, 1.807) is 0 Å². The van der Waals surface area contributed by atoms with Crippen molar-refractivity contribution in [1.82, 2.24) is 19.6 Å². The molecule has 0 spiro atoms. The maximum absolute atomic E-state index is 12.0. The van der Waals surface area contributed by atoms with Crippen LogP contribution >= 0.6 is 11.8 Å². The molecule has 9 heteroatoms. The predicted octanol–water partition coefficient (Wildman–Crippen LogP) is 1.04. The van der Waals surface area contributed by atoms with E-state index < -0.39 is 0 Å². The molecule has 0 aliphatic carbocycles. The van der Waals surface area contributed by atoms with E-state index in [4.69, 9.17) is 5.73 Å². The van der Waals surface area contributed by atoms with E-state index in [0.717, 1.165) is 11.3 Å². The van der Waals surface area contributed by atoms with E-state index in [1.165, 1.54) is 22.2 Å². The third-order valence-electron chi connectivity index (χ3n) is 3.07. The van der Waals surface area contributed by atoms with E-state index in [0.29, 0.717) is 5.16 Å². The number of hydrogen-bond donors (Lipinski definition) is 3. The van der Waals surface area contributed by atoms with Crippen LogP contribution in [0.3, 0.4) is 0 Å². The Morgan fingerprint density at radius 1 is 1.35 bits per heavy atom. The molecule has 8 nitrogen and oxygen atoms in total. The molecule has 2 heterocycles. The Balaban J connectivity index is 1.69. The molecular formula is C14H14N6O2S. The first kappa shape index (κ1) is 15.1. The third kappa shape index (κ3) is 3.34. The summed E-state index contributed by atoms with van der Waals surface area (Å²) in [6.07, 6.45) is 0. The number of fused-ring (bicyclic) bond motifs is 1. The van der Waals surface area contributed by atoms with Crippen molar-refractivity contribution >= 4 is 35.0 Å². The summed E-state index contributed by atoms with van der Waals surface area (Å²) in [4.78, 5) is 25.8. The highest BCUT2D eigenvalue weighted by molar-refractivity contribution is 7.99. The average molecular weight is 330 g/mol. The summed E-state index contributed by atoms with van der Waals surface area (Å²) in [5, 5.41) is 11.0. The number of nitrogens with two attached hydrogens (primary N) is 1. The summed E-state index contributed by atoms with van der Waals surface area (Å²) in [5.41, 5.74) is 7.30. The number of amides is 1. The van der Waals surface area contributed by atoms with Crippen LogP contribution in [0.2, 0.25) is 0 Å². The zero-order valence-electron chi connectivity index (χ0n) is 12.2. The topological polar surface area (TPSA) is 118 Å². The molecule has 0 aliphatic heterocycles. The van der Waals surface area contributed by atoms with Crippen molar-refractivity contribution in [3.8, 4) is 0 Å². The highest BCUT2D eigenvalue weighted by Gasteiger charge is 2.12. The molecule has 23 heavy (non-hydrogen) atoms. The Hall–Kier alpha value is -2.81. The van der Waals surface area contributed by atoms with Crippen LogP contribution in [-0.2, 0) is 4.79 Å². The van der Waals surface area contributed by atoms with Crippen molar-refractivity contribution in [1.29, 1.82) is 0 Å². The van der Waals surface area contributed by atoms with E-state index in [2.05, 4.69) is 20.5 Å². The van der Waals surface area contributed by atoms with Crippen molar-refractivity contribution in [3.05, 3.63) is 46.2 Å². The highest BCUT2D eigenvalue weighted by Crippen LogP contribution is 2.18. The maximum atomic E-state index is 12.0. The van der Waals surface area contributed by atoms with Gasteiger partial charge in [-0.1, -0.05) is 29.5 Å². The van der Waals surface area contributed by atoms with Gasteiger partial charge >= 0.3 is 0 Å². The summed E-state index contributed by atoms with van der Waals surface area (Å²) in [7, 11) is 0. The Morgan fingerprint density at radius 2 is 2.09 bits per heavy atom. The monoisotopic (exact) mass is 330 g/mol. The average Bonchev–Trinajstić information content (AvgIpc) is 2.91. The Kier molecular flexibility index (Phi) is 4.02. The minimum atomic E-state index is -0.351. The van der Waals surface area contributed by atoms with Crippen LogP contribution in [0.15, 0.2) is 40.3 Å². The number of aryl methyl sites for hydroxylation is 1. The van der Waals surface area contributed by atoms with Gasteiger partial charge in [-0.2, -0.15) is 0 Å². The number of benzene rings is 1. The van der Waals surface area contributed by atoms with Gasteiger partial charge in [0, 0.05) is 11.8 Å². The van der Waals surface area contributed by atoms with Crippen LogP contribution in [0.4, 0.5) is 11.5 Å². The lowest BCUT2D eigenvalue weighted by molar-refractivity contribution is -0.113. The molecule has 0 unspecified atom stereocenters. The second-order valence-electron chi connectivity index (χ2n) is 4.90. The van der Waals surface area contributed by atoms with Gasteiger partial charge in [-0.05, 0) is 19.1 Å². The Morgan fingerprint density at radius 3 is 2.83 bits per heavy atom. The van der Waals surface area contributed by atoms with Crippen LogP contribution in [-0.4, -0.2) is 31.2 Å². The molecule has 0 saturated carbocycles. The number of carbonyl (C=O) groups excluding carboxylic acids is 1. The van der Waals surface area contributed by atoms with Gasteiger partial charge < -0.3 is 11.1 Å². The fourth-order valence-electron chi connectivity index (χ4n) is 1.99. The molecule has 1 aromatic carbocycles. The van der Waals surface area contributed by atoms with E-state index in [-0.39, 0.29) is 28.8 Å². The van der Waals surface area contributed by atoms with Crippen molar-refractivity contribution in [2.45, 2.75) is 12.1 Å². The minimum absolute atomic E-state index is 0.146. The number of aromatic nitrogens is 4. The Labute approximate surface area is 135 Å². The lowest BCUT2D eigenvalue weighted by Gasteiger charge is -2.05. The van der Waals surface area contributed by atoms with E-state index in [1.807, 2.05) is 31.2 Å². The highest BCUT2D eigenvalue weighted by atomic mass is 32.2. The van der Waals surface area contributed by atoms with Gasteiger partial charge in [-0.3, -0.25) is 14.6 Å². The van der Waals surface area contributed by atoms with Gasteiger partial charge in [0.05, 0.1) is 5.75 Å². The number of aromatic amines is 1. The molecule has 0 aliphatic rings. The number of hydrogen-bond acceptors (Lipinski definition) is 6. The van der Waals surface area contributed by atoms with Crippen molar-refractivity contribution in [2.75, 3.05) is 16.8 Å². The molecule has 2 aromatic heterocycles. The molecule has 0 fully saturated rings. The quantitative estimate of drug-likeness (QED) is 0.615. The van der Waals surface area contributed by atoms with Crippen LogP contribution < -0.4 is 16.6 Å². The number of rotatable bonds is 4. The van der Waals surface area contributed by atoms with Crippen LogP contribution in [0.5, 0.6) is 0 Å². The molecule has 3 aromatic rings. The van der Waals surface area contributed by atoms with Gasteiger partial charge in [0.25, 0.3) is 5.56 Å². The van der Waals surface area contributed by atoms with Crippen molar-refractivity contribution in [3.63, 3.8) is 0 Å². The number of nitrogen functional groups attached to an aromatic ring is 1. The maximum Gasteiger partial charge on any atom is 0.254 e. The molecule has 4 N–H and O–H groups in total. The zero-order valence-corrected chi connectivity index (χ0v) is 13.1. The second-order valence-corrected chi connectivity index (χ2v) is 5.85. The second kappa shape index (κ2) is 6.13. The molecule has 1 amide bonds. The predicted molar refractivity (Wildman–Crippen MR) is 88.6 cm³/mol. The minimum Gasteiger partial charge on any atom is -0.385 e. The lowest BCUT2D eigenvalue weighted by Crippen LogP contribution is -2.15. The molecule has 118 valence electrons. The van der Waals surface area contributed by atoms with Crippen LogP contribution in [0.25, 0.3) is 5.78 Å². The normalized spacial score (nSPS) is 10.8. The Bertz CT molecular complexity index is 915.